The number of hydrogen-bond donors (Lipinski definition) is 1. The van der Waals surface area contributed by atoms with Crippen molar-refractivity contribution in [2.45, 2.75) is 24.6 Å². The van der Waals surface area contributed by atoms with E-state index in [2.05, 4.69) is 10.1 Å². The first kappa shape index (κ1) is 14.7. The van der Waals surface area contributed by atoms with Crippen LogP contribution >= 0.6 is 0 Å². The Morgan fingerprint density at radius 3 is 2.55 bits per heavy atom. The lowest BCUT2D eigenvalue weighted by Gasteiger charge is -2.06. The molecular weight excluding hydrogens is 278 g/mol. The molecule has 0 aliphatic carbocycles. The fraction of sp³-hybridized carbons (Fsp3) is 0.385. The van der Waals surface area contributed by atoms with Crippen molar-refractivity contribution in [2.75, 3.05) is 6.26 Å². The molecule has 1 aromatic carbocycles. The molecular formula is C13H17N3O3S. The SMILES string of the molecule is CC(c1noc([C@@H](N)Cc2ccccc2)n1)S(C)(=O)=O. The normalized spacial score (nSPS) is 14.9. The van der Waals surface area contributed by atoms with Gasteiger partial charge in [0.05, 0.1) is 6.04 Å². The van der Waals surface area contributed by atoms with E-state index in [9.17, 15) is 8.42 Å². The fourth-order valence-corrected chi connectivity index (χ4v) is 2.19. The van der Waals surface area contributed by atoms with Crippen LogP contribution in [0.3, 0.4) is 0 Å². The van der Waals surface area contributed by atoms with Gasteiger partial charge in [-0.05, 0) is 18.9 Å². The van der Waals surface area contributed by atoms with Crippen LogP contribution in [0.15, 0.2) is 34.9 Å². The van der Waals surface area contributed by atoms with Crippen molar-refractivity contribution in [2.24, 2.45) is 5.73 Å². The second-order valence-electron chi connectivity index (χ2n) is 4.76. The zero-order valence-electron chi connectivity index (χ0n) is 11.4. The summed E-state index contributed by atoms with van der Waals surface area (Å²) in [5.74, 6) is 0.394. The monoisotopic (exact) mass is 295 g/mol. The summed E-state index contributed by atoms with van der Waals surface area (Å²) in [5.41, 5.74) is 7.06. The van der Waals surface area contributed by atoms with Crippen molar-refractivity contribution in [1.29, 1.82) is 0 Å². The summed E-state index contributed by atoms with van der Waals surface area (Å²) in [7, 11) is -3.25. The van der Waals surface area contributed by atoms with E-state index in [1.54, 1.807) is 0 Å². The minimum absolute atomic E-state index is 0.144. The minimum Gasteiger partial charge on any atom is -0.338 e. The van der Waals surface area contributed by atoms with Crippen molar-refractivity contribution >= 4 is 9.84 Å². The van der Waals surface area contributed by atoms with Gasteiger partial charge >= 0.3 is 0 Å². The molecule has 0 bridgehead atoms. The van der Waals surface area contributed by atoms with Crippen LogP contribution in [0, 0.1) is 0 Å². The van der Waals surface area contributed by atoms with Crippen LogP contribution in [0.5, 0.6) is 0 Å². The molecule has 1 aromatic heterocycles. The molecule has 20 heavy (non-hydrogen) atoms. The Hall–Kier alpha value is -1.73. The zero-order valence-corrected chi connectivity index (χ0v) is 12.2. The van der Waals surface area contributed by atoms with Crippen molar-refractivity contribution in [3.05, 3.63) is 47.6 Å². The molecule has 2 atom stereocenters. The highest BCUT2D eigenvalue weighted by Gasteiger charge is 2.24. The van der Waals surface area contributed by atoms with Crippen LogP contribution < -0.4 is 5.73 Å². The highest BCUT2D eigenvalue weighted by atomic mass is 32.2. The molecule has 1 heterocycles. The molecule has 0 fully saturated rings. The Morgan fingerprint density at radius 1 is 1.30 bits per heavy atom. The number of rotatable bonds is 5. The molecule has 2 rings (SSSR count). The number of sulfone groups is 1. The Labute approximate surface area is 117 Å². The van der Waals surface area contributed by atoms with Crippen LogP contribution in [0.25, 0.3) is 0 Å². The van der Waals surface area contributed by atoms with Crippen molar-refractivity contribution in [3.63, 3.8) is 0 Å². The van der Waals surface area contributed by atoms with Gasteiger partial charge in [0.1, 0.15) is 5.25 Å². The highest BCUT2D eigenvalue weighted by molar-refractivity contribution is 7.90. The number of aromatic nitrogens is 2. The molecule has 0 saturated heterocycles. The first-order chi connectivity index (χ1) is 9.38. The van der Waals surface area contributed by atoms with E-state index >= 15 is 0 Å². The van der Waals surface area contributed by atoms with E-state index in [4.69, 9.17) is 10.3 Å². The Kier molecular flexibility index (Phi) is 4.20. The highest BCUT2D eigenvalue weighted by Crippen LogP contribution is 2.20. The fourth-order valence-electron chi connectivity index (χ4n) is 1.71. The van der Waals surface area contributed by atoms with E-state index in [0.29, 0.717) is 6.42 Å². The van der Waals surface area contributed by atoms with E-state index in [1.807, 2.05) is 30.3 Å². The lowest BCUT2D eigenvalue weighted by Crippen LogP contribution is -2.14. The van der Waals surface area contributed by atoms with Gasteiger partial charge in [-0.2, -0.15) is 4.98 Å². The van der Waals surface area contributed by atoms with Gasteiger partial charge in [0, 0.05) is 6.26 Å². The third kappa shape index (κ3) is 3.43. The molecule has 0 aliphatic rings. The summed E-state index contributed by atoms with van der Waals surface area (Å²) < 4.78 is 28.0. The van der Waals surface area contributed by atoms with Crippen molar-refractivity contribution < 1.29 is 12.9 Å². The van der Waals surface area contributed by atoms with Crippen molar-refractivity contribution in [3.8, 4) is 0 Å². The third-order valence-corrected chi connectivity index (χ3v) is 4.57. The summed E-state index contributed by atoms with van der Waals surface area (Å²) in [6, 6.07) is 9.23. The van der Waals surface area contributed by atoms with Crippen LogP contribution in [0.1, 0.15) is 35.5 Å². The van der Waals surface area contributed by atoms with Gasteiger partial charge in [-0.15, -0.1) is 0 Å². The molecule has 1 unspecified atom stereocenters. The number of nitrogens with zero attached hydrogens (tertiary/aromatic N) is 2. The van der Waals surface area contributed by atoms with Crippen LogP contribution in [-0.4, -0.2) is 24.8 Å². The molecule has 0 amide bonds. The van der Waals surface area contributed by atoms with Crippen LogP contribution in [0.4, 0.5) is 0 Å². The molecule has 6 nitrogen and oxygen atoms in total. The van der Waals surface area contributed by atoms with E-state index in [-0.39, 0.29) is 11.7 Å². The Balaban J connectivity index is 2.13. The third-order valence-electron chi connectivity index (χ3n) is 3.08. The maximum atomic E-state index is 11.4. The van der Waals surface area contributed by atoms with Crippen LogP contribution in [0.2, 0.25) is 0 Å². The van der Waals surface area contributed by atoms with E-state index in [1.165, 1.54) is 6.92 Å². The topological polar surface area (TPSA) is 99.1 Å². The van der Waals surface area contributed by atoms with Gasteiger partial charge in [0.15, 0.2) is 15.7 Å². The zero-order chi connectivity index (χ0) is 14.8. The number of nitrogens with two attached hydrogens (primary N) is 1. The smallest absolute Gasteiger partial charge is 0.243 e. The number of benzene rings is 1. The standard InChI is InChI=1S/C13H17N3O3S/c1-9(20(2,17)18)12-15-13(19-16-12)11(14)8-10-6-4-3-5-7-10/h3-7,9,11H,8,14H2,1-2H3/t9?,11-/m0/s1. The summed E-state index contributed by atoms with van der Waals surface area (Å²) in [5, 5.41) is 2.90. The average Bonchev–Trinajstić information content (AvgIpc) is 2.87. The Bertz CT molecular complexity index is 667. The maximum absolute atomic E-state index is 11.4. The van der Waals surface area contributed by atoms with Gasteiger partial charge in [0.25, 0.3) is 0 Å². The van der Waals surface area contributed by atoms with Crippen molar-refractivity contribution in [1.82, 2.24) is 10.1 Å². The van der Waals surface area contributed by atoms with Gasteiger partial charge < -0.3 is 10.3 Å². The summed E-state index contributed by atoms with van der Waals surface area (Å²) in [6.07, 6.45) is 1.69. The van der Waals surface area contributed by atoms with Gasteiger partial charge in [0.2, 0.25) is 5.89 Å². The van der Waals surface area contributed by atoms with E-state index in [0.717, 1.165) is 11.8 Å². The summed E-state index contributed by atoms with van der Waals surface area (Å²) in [4.78, 5) is 4.09. The lowest BCUT2D eigenvalue weighted by atomic mass is 10.1. The minimum atomic E-state index is -3.25. The van der Waals surface area contributed by atoms with Gasteiger partial charge in [-0.3, -0.25) is 0 Å². The number of hydrogen-bond acceptors (Lipinski definition) is 6. The first-order valence-corrected chi connectivity index (χ1v) is 8.15. The summed E-state index contributed by atoms with van der Waals surface area (Å²) >= 11 is 0. The van der Waals surface area contributed by atoms with Gasteiger partial charge in [-0.25, -0.2) is 8.42 Å². The van der Waals surface area contributed by atoms with Gasteiger partial charge in [-0.1, -0.05) is 35.5 Å². The average molecular weight is 295 g/mol. The first-order valence-electron chi connectivity index (χ1n) is 6.20. The quantitative estimate of drug-likeness (QED) is 0.895. The maximum Gasteiger partial charge on any atom is 0.243 e. The molecule has 2 N–H and O–H groups in total. The molecule has 0 spiro atoms. The second-order valence-corrected chi connectivity index (χ2v) is 7.12. The molecule has 108 valence electrons. The molecule has 0 saturated carbocycles. The molecule has 2 aromatic rings. The predicted molar refractivity (Wildman–Crippen MR) is 74.6 cm³/mol. The molecule has 0 radical (unpaired) electrons. The van der Waals surface area contributed by atoms with Crippen LogP contribution in [-0.2, 0) is 16.3 Å². The molecule has 0 aliphatic heterocycles. The summed E-state index contributed by atoms with van der Waals surface area (Å²) in [6.45, 7) is 1.52. The second kappa shape index (κ2) is 5.72. The Morgan fingerprint density at radius 2 is 1.95 bits per heavy atom. The molecule has 7 heteroatoms. The predicted octanol–water partition coefficient (Wildman–Crippen LogP) is 1.42. The lowest BCUT2D eigenvalue weighted by molar-refractivity contribution is 0.350. The van der Waals surface area contributed by atoms with E-state index < -0.39 is 21.1 Å². The largest absolute Gasteiger partial charge is 0.338 e.